The van der Waals surface area contributed by atoms with Crippen LogP contribution in [0.5, 0.6) is 5.75 Å². The van der Waals surface area contributed by atoms with Crippen LogP contribution in [0.4, 0.5) is 5.69 Å². The zero-order valence-corrected chi connectivity index (χ0v) is 10.0. The summed E-state index contributed by atoms with van der Waals surface area (Å²) in [5, 5.41) is 2.85. The Labute approximate surface area is 101 Å². The fraction of sp³-hybridized carbons (Fsp3) is 0.462. The first-order valence-electron chi connectivity index (χ1n) is 5.93. The highest BCUT2D eigenvalue weighted by molar-refractivity contribution is 5.80. The van der Waals surface area contributed by atoms with Crippen molar-refractivity contribution in [2.24, 2.45) is 5.92 Å². The summed E-state index contributed by atoms with van der Waals surface area (Å²) < 4.78 is 5.52. The van der Waals surface area contributed by atoms with Gasteiger partial charge >= 0.3 is 0 Å². The van der Waals surface area contributed by atoms with Crippen molar-refractivity contribution >= 4 is 11.6 Å². The van der Waals surface area contributed by atoms with E-state index < -0.39 is 0 Å². The lowest BCUT2D eigenvalue weighted by molar-refractivity contribution is -0.122. The summed E-state index contributed by atoms with van der Waals surface area (Å²) in [6, 6.07) is 5.57. The second kappa shape index (κ2) is 5.08. The number of anilines is 1. The SMILES string of the molecule is Cc1cc(OCCNC(=O)C2CC2)ccc1N. The van der Waals surface area contributed by atoms with Gasteiger partial charge in [-0.15, -0.1) is 0 Å². The molecular formula is C13H18N2O2. The standard InChI is InChI=1S/C13H18N2O2/c1-9-8-11(4-5-12(9)14)17-7-6-15-13(16)10-2-3-10/h4-5,8,10H,2-3,6-7,14H2,1H3,(H,15,16). The lowest BCUT2D eigenvalue weighted by Gasteiger charge is -2.09. The molecule has 0 aromatic heterocycles. The van der Waals surface area contributed by atoms with E-state index in [-0.39, 0.29) is 11.8 Å². The van der Waals surface area contributed by atoms with Crippen LogP contribution in [0.15, 0.2) is 18.2 Å². The maximum absolute atomic E-state index is 11.3. The fourth-order valence-corrected chi connectivity index (χ4v) is 1.57. The summed E-state index contributed by atoms with van der Waals surface area (Å²) in [4.78, 5) is 11.3. The molecule has 0 heterocycles. The molecule has 0 spiro atoms. The number of nitrogens with two attached hydrogens (primary N) is 1. The molecule has 1 aromatic carbocycles. The minimum atomic E-state index is 0.155. The van der Waals surface area contributed by atoms with Crippen LogP contribution in [0.3, 0.4) is 0 Å². The molecule has 4 heteroatoms. The Bertz CT molecular complexity index is 414. The first-order chi connectivity index (χ1) is 8.16. The van der Waals surface area contributed by atoms with E-state index in [9.17, 15) is 4.79 Å². The number of benzene rings is 1. The molecule has 0 unspecified atom stereocenters. The Morgan fingerprint density at radius 3 is 2.94 bits per heavy atom. The molecular weight excluding hydrogens is 216 g/mol. The summed E-state index contributed by atoms with van der Waals surface area (Å²) in [6.07, 6.45) is 2.06. The summed E-state index contributed by atoms with van der Waals surface area (Å²) in [5.41, 5.74) is 7.48. The number of carbonyl (C=O) groups is 1. The van der Waals surface area contributed by atoms with E-state index in [4.69, 9.17) is 10.5 Å². The van der Waals surface area contributed by atoms with Crippen LogP contribution < -0.4 is 15.8 Å². The van der Waals surface area contributed by atoms with E-state index in [1.54, 1.807) is 0 Å². The number of aryl methyl sites for hydroxylation is 1. The van der Waals surface area contributed by atoms with Gasteiger partial charge in [0.1, 0.15) is 12.4 Å². The quantitative estimate of drug-likeness (QED) is 0.599. The van der Waals surface area contributed by atoms with Gasteiger partial charge in [-0.25, -0.2) is 0 Å². The third-order valence-corrected chi connectivity index (χ3v) is 2.86. The highest BCUT2D eigenvalue weighted by Crippen LogP contribution is 2.28. The van der Waals surface area contributed by atoms with E-state index in [1.807, 2.05) is 25.1 Å². The number of hydrogen-bond acceptors (Lipinski definition) is 3. The van der Waals surface area contributed by atoms with Crippen LogP contribution in [-0.2, 0) is 4.79 Å². The Hall–Kier alpha value is -1.71. The molecule has 4 nitrogen and oxygen atoms in total. The van der Waals surface area contributed by atoms with Crippen LogP contribution in [0.25, 0.3) is 0 Å². The van der Waals surface area contributed by atoms with Crippen molar-refractivity contribution in [1.82, 2.24) is 5.32 Å². The Morgan fingerprint density at radius 1 is 1.53 bits per heavy atom. The topological polar surface area (TPSA) is 64.3 Å². The number of nitrogen functional groups attached to an aromatic ring is 1. The minimum absolute atomic E-state index is 0.155. The van der Waals surface area contributed by atoms with Crippen LogP contribution in [-0.4, -0.2) is 19.1 Å². The van der Waals surface area contributed by atoms with Crippen molar-refractivity contribution in [3.05, 3.63) is 23.8 Å². The molecule has 1 aromatic rings. The van der Waals surface area contributed by atoms with Crippen molar-refractivity contribution in [2.75, 3.05) is 18.9 Å². The van der Waals surface area contributed by atoms with Gasteiger partial charge in [0.2, 0.25) is 5.91 Å². The molecule has 0 aliphatic heterocycles. The summed E-state index contributed by atoms with van der Waals surface area (Å²) in [5.74, 6) is 1.20. The van der Waals surface area contributed by atoms with Gasteiger partial charge in [0.05, 0.1) is 6.54 Å². The molecule has 17 heavy (non-hydrogen) atoms. The van der Waals surface area contributed by atoms with Crippen LogP contribution in [0, 0.1) is 12.8 Å². The number of ether oxygens (including phenoxy) is 1. The first-order valence-corrected chi connectivity index (χ1v) is 5.93. The van der Waals surface area contributed by atoms with Crippen LogP contribution >= 0.6 is 0 Å². The highest BCUT2D eigenvalue weighted by atomic mass is 16.5. The normalized spacial score (nSPS) is 14.4. The van der Waals surface area contributed by atoms with Crippen LogP contribution in [0.1, 0.15) is 18.4 Å². The molecule has 0 bridgehead atoms. The van der Waals surface area contributed by atoms with Gasteiger partial charge in [-0.1, -0.05) is 0 Å². The van der Waals surface area contributed by atoms with E-state index in [2.05, 4.69) is 5.32 Å². The largest absolute Gasteiger partial charge is 0.492 e. The van der Waals surface area contributed by atoms with Gasteiger partial charge in [0.15, 0.2) is 0 Å². The van der Waals surface area contributed by atoms with Crippen molar-refractivity contribution in [2.45, 2.75) is 19.8 Å². The Kier molecular flexibility index (Phi) is 3.52. The van der Waals surface area contributed by atoms with E-state index in [0.29, 0.717) is 13.2 Å². The first kappa shape index (κ1) is 11.8. The van der Waals surface area contributed by atoms with Gasteiger partial charge in [-0.3, -0.25) is 4.79 Å². The molecule has 1 aliphatic carbocycles. The van der Waals surface area contributed by atoms with Gasteiger partial charge < -0.3 is 15.8 Å². The summed E-state index contributed by atoms with van der Waals surface area (Å²) in [6.45, 7) is 2.98. The average Bonchev–Trinajstić information content (AvgIpc) is 3.13. The Morgan fingerprint density at radius 2 is 2.29 bits per heavy atom. The zero-order chi connectivity index (χ0) is 12.3. The number of hydrogen-bond donors (Lipinski definition) is 2. The smallest absolute Gasteiger partial charge is 0.223 e. The van der Waals surface area contributed by atoms with E-state index in [0.717, 1.165) is 29.8 Å². The summed E-state index contributed by atoms with van der Waals surface area (Å²) >= 11 is 0. The number of nitrogens with one attached hydrogen (secondary N) is 1. The molecule has 0 saturated heterocycles. The molecule has 0 atom stereocenters. The zero-order valence-electron chi connectivity index (χ0n) is 10.0. The van der Waals surface area contributed by atoms with Gasteiger partial charge in [-0.2, -0.15) is 0 Å². The molecule has 2 rings (SSSR count). The predicted octanol–water partition coefficient (Wildman–Crippen LogP) is 1.48. The molecule has 1 saturated carbocycles. The van der Waals surface area contributed by atoms with Crippen molar-refractivity contribution in [3.63, 3.8) is 0 Å². The van der Waals surface area contributed by atoms with Gasteiger partial charge in [0, 0.05) is 11.6 Å². The van der Waals surface area contributed by atoms with Crippen LogP contribution in [0.2, 0.25) is 0 Å². The van der Waals surface area contributed by atoms with E-state index in [1.165, 1.54) is 0 Å². The van der Waals surface area contributed by atoms with Crippen molar-refractivity contribution < 1.29 is 9.53 Å². The minimum Gasteiger partial charge on any atom is -0.492 e. The third kappa shape index (κ3) is 3.37. The predicted molar refractivity (Wildman–Crippen MR) is 66.8 cm³/mol. The monoisotopic (exact) mass is 234 g/mol. The van der Waals surface area contributed by atoms with Gasteiger partial charge in [-0.05, 0) is 43.5 Å². The molecule has 1 amide bonds. The number of carbonyl (C=O) groups excluding carboxylic acids is 1. The van der Waals surface area contributed by atoms with Crippen molar-refractivity contribution in [1.29, 1.82) is 0 Å². The molecule has 0 radical (unpaired) electrons. The maximum Gasteiger partial charge on any atom is 0.223 e. The van der Waals surface area contributed by atoms with Gasteiger partial charge in [0.25, 0.3) is 0 Å². The second-order valence-electron chi connectivity index (χ2n) is 4.43. The van der Waals surface area contributed by atoms with E-state index >= 15 is 0 Å². The molecule has 3 N–H and O–H groups in total. The lowest BCUT2D eigenvalue weighted by Crippen LogP contribution is -2.29. The maximum atomic E-state index is 11.3. The summed E-state index contributed by atoms with van der Waals surface area (Å²) in [7, 11) is 0. The molecule has 1 fully saturated rings. The Balaban J connectivity index is 1.70. The number of rotatable bonds is 5. The molecule has 92 valence electrons. The second-order valence-corrected chi connectivity index (χ2v) is 4.43. The lowest BCUT2D eigenvalue weighted by atomic mass is 10.2. The van der Waals surface area contributed by atoms with Crippen molar-refractivity contribution in [3.8, 4) is 5.75 Å². The average molecular weight is 234 g/mol. The molecule has 1 aliphatic rings. The number of amides is 1. The highest BCUT2D eigenvalue weighted by Gasteiger charge is 2.28. The third-order valence-electron chi connectivity index (χ3n) is 2.86. The fourth-order valence-electron chi connectivity index (χ4n) is 1.57.